The van der Waals surface area contributed by atoms with Crippen molar-refractivity contribution in [2.24, 2.45) is 11.8 Å². The molecule has 3 amide bonds. The van der Waals surface area contributed by atoms with E-state index in [1.165, 1.54) is 0 Å². The van der Waals surface area contributed by atoms with Gasteiger partial charge in [-0.05, 0) is 67.0 Å². The van der Waals surface area contributed by atoms with Crippen LogP contribution in [0.1, 0.15) is 42.4 Å². The van der Waals surface area contributed by atoms with Crippen LogP contribution in [0.2, 0.25) is 5.02 Å². The fraction of sp³-hybridized carbons (Fsp3) is 0.480. The third-order valence-electron chi connectivity index (χ3n) is 7.79. The summed E-state index contributed by atoms with van der Waals surface area (Å²) in [4.78, 5) is 33.7. The van der Waals surface area contributed by atoms with Crippen LogP contribution in [0.3, 0.4) is 0 Å². The van der Waals surface area contributed by atoms with Crippen molar-refractivity contribution in [2.75, 3.05) is 24.6 Å². The standard InChI is InChI=1S/C25H27ClN4O3/c26-19-3-4-22-20(12-19)25-18(6-10-33-25)11-21(25)23(31)30(22)9-2-1-7-28-24(32)29-14-16-5-8-27-13-17(16)15-29/h3-5,8,12-13,18,21H,1-2,6-7,9-11,14-15H2,(H,28,32). The average molecular weight is 467 g/mol. The summed E-state index contributed by atoms with van der Waals surface area (Å²) in [5.41, 5.74) is 3.80. The zero-order chi connectivity index (χ0) is 22.6. The van der Waals surface area contributed by atoms with Crippen molar-refractivity contribution in [2.45, 2.75) is 44.4 Å². The van der Waals surface area contributed by atoms with E-state index in [1.54, 1.807) is 11.1 Å². The number of rotatable bonds is 5. The van der Waals surface area contributed by atoms with Crippen molar-refractivity contribution in [1.29, 1.82) is 0 Å². The van der Waals surface area contributed by atoms with E-state index in [0.717, 1.165) is 48.1 Å². The highest BCUT2D eigenvalue weighted by Crippen LogP contribution is 2.63. The lowest BCUT2D eigenvalue weighted by Crippen LogP contribution is -2.61. The molecule has 2 fully saturated rings. The maximum absolute atomic E-state index is 13.4. The third-order valence-corrected chi connectivity index (χ3v) is 8.02. The van der Waals surface area contributed by atoms with Crippen LogP contribution in [0.15, 0.2) is 36.7 Å². The first-order valence-electron chi connectivity index (χ1n) is 11.8. The van der Waals surface area contributed by atoms with Crippen LogP contribution in [0.5, 0.6) is 0 Å². The molecule has 7 nitrogen and oxygen atoms in total. The molecule has 3 unspecified atom stereocenters. The number of aromatic nitrogens is 1. The van der Waals surface area contributed by atoms with Gasteiger partial charge in [-0.1, -0.05) is 11.6 Å². The van der Waals surface area contributed by atoms with Crippen LogP contribution in [0.25, 0.3) is 0 Å². The van der Waals surface area contributed by atoms with Gasteiger partial charge in [-0.25, -0.2) is 4.79 Å². The molecule has 0 bridgehead atoms. The van der Waals surface area contributed by atoms with Crippen LogP contribution in [-0.4, -0.2) is 41.5 Å². The van der Waals surface area contributed by atoms with Gasteiger partial charge in [0.15, 0.2) is 0 Å². The lowest BCUT2D eigenvalue weighted by molar-refractivity contribution is -0.168. The van der Waals surface area contributed by atoms with Crippen molar-refractivity contribution in [1.82, 2.24) is 15.2 Å². The molecule has 1 saturated heterocycles. The highest BCUT2D eigenvalue weighted by atomic mass is 35.5. The summed E-state index contributed by atoms with van der Waals surface area (Å²) in [7, 11) is 0. The first-order valence-corrected chi connectivity index (χ1v) is 12.2. The number of amides is 3. The Bertz CT molecular complexity index is 1100. The number of carbonyl (C=O) groups excluding carboxylic acids is 2. The van der Waals surface area contributed by atoms with E-state index in [0.29, 0.717) is 43.7 Å². The zero-order valence-electron chi connectivity index (χ0n) is 18.4. The number of urea groups is 1. The number of unbranched alkanes of at least 4 members (excludes halogenated alkanes) is 1. The predicted octanol–water partition coefficient (Wildman–Crippen LogP) is 3.84. The monoisotopic (exact) mass is 466 g/mol. The first-order chi connectivity index (χ1) is 16.1. The summed E-state index contributed by atoms with van der Waals surface area (Å²) in [5, 5.41) is 3.70. The molecule has 33 heavy (non-hydrogen) atoms. The van der Waals surface area contributed by atoms with Crippen molar-refractivity contribution in [3.8, 4) is 0 Å². The van der Waals surface area contributed by atoms with Crippen LogP contribution in [0.4, 0.5) is 10.5 Å². The van der Waals surface area contributed by atoms with E-state index in [1.807, 2.05) is 35.4 Å². The average Bonchev–Trinajstić information content (AvgIpc) is 3.37. The molecule has 1 N–H and O–H groups in total. The molecular weight excluding hydrogens is 440 g/mol. The van der Waals surface area contributed by atoms with Gasteiger partial charge in [-0.3, -0.25) is 9.78 Å². The summed E-state index contributed by atoms with van der Waals surface area (Å²) in [5.74, 6) is 0.464. The Morgan fingerprint density at radius 1 is 1.24 bits per heavy atom. The summed E-state index contributed by atoms with van der Waals surface area (Å²) in [6, 6.07) is 7.71. The summed E-state index contributed by atoms with van der Waals surface area (Å²) in [6.07, 6.45) is 7.10. The Labute approximate surface area is 198 Å². The summed E-state index contributed by atoms with van der Waals surface area (Å²) < 4.78 is 6.22. The fourth-order valence-electron chi connectivity index (χ4n) is 6.11. The number of halogens is 1. The Morgan fingerprint density at radius 2 is 2.12 bits per heavy atom. The van der Waals surface area contributed by atoms with E-state index < -0.39 is 5.60 Å². The lowest BCUT2D eigenvalue weighted by Gasteiger charge is -2.56. The van der Waals surface area contributed by atoms with Crippen molar-refractivity contribution >= 4 is 29.2 Å². The first kappa shape index (κ1) is 20.9. The zero-order valence-corrected chi connectivity index (χ0v) is 19.2. The minimum Gasteiger partial charge on any atom is -0.369 e. The minimum absolute atomic E-state index is 0.0546. The normalized spacial score (nSPS) is 26.9. The van der Waals surface area contributed by atoms with E-state index in [4.69, 9.17) is 16.3 Å². The van der Waals surface area contributed by atoms with Crippen molar-refractivity contribution < 1.29 is 14.3 Å². The second-order valence-electron chi connectivity index (χ2n) is 9.51. The molecule has 1 spiro atoms. The van der Waals surface area contributed by atoms with Gasteiger partial charge in [-0.2, -0.15) is 0 Å². The second kappa shape index (κ2) is 7.99. The van der Waals surface area contributed by atoms with Gasteiger partial charge < -0.3 is 19.9 Å². The van der Waals surface area contributed by atoms with E-state index in [9.17, 15) is 9.59 Å². The minimum atomic E-state index is -0.468. The Kier molecular flexibility index (Phi) is 5.07. The maximum atomic E-state index is 13.4. The molecule has 3 atom stereocenters. The smallest absolute Gasteiger partial charge is 0.318 e. The van der Waals surface area contributed by atoms with Crippen molar-refractivity contribution in [3.63, 3.8) is 0 Å². The molecule has 1 aliphatic carbocycles. The van der Waals surface area contributed by atoms with Gasteiger partial charge in [-0.15, -0.1) is 0 Å². The molecule has 2 aromatic rings. The molecule has 0 radical (unpaired) electrons. The number of anilines is 1. The number of hydrogen-bond donors (Lipinski definition) is 1. The Morgan fingerprint density at radius 3 is 2.97 bits per heavy atom. The largest absolute Gasteiger partial charge is 0.369 e. The number of nitrogens with one attached hydrogen (secondary N) is 1. The molecule has 3 aliphatic heterocycles. The Hall–Kier alpha value is -2.64. The molecular formula is C25H27ClN4O3. The number of pyridine rings is 1. The van der Waals surface area contributed by atoms with Gasteiger partial charge in [0.05, 0.1) is 5.92 Å². The van der Waals surface area contributed by atoms with Crippen LogP contribution < -0.4 is 10.2 Å². The number of carbonyl (C=O) groups is 2. The number of ether oxygens (including phenoxy) is 1. The van der Waals surface area contributed by atoms with Crippen LogP contribution in [0, 0.1) is 11.8 Å². The van der Waals surface area contributed by atoms with Crippen LogP contribution >= 0.6 is 11.6 Å². The van der Waals surface area contributed by atoms with Gasteiger partial charge in [0.25, 0.3) is 0 Å². The van der Waals surface area contributed by atoms with Gasteiger partial charge in [0.2, 0.25) is 5.91 Å². The number of nitrogens with zero attached hydrogens (tertiary/aromatic N) is 3. The number of hydrogen-bond acceptors (Lipinski definition) is 4. The molecule has 172 valence electrons. The quantitative estimate of drug-likeness (QED) is 0.679. The molecule has 1 aromatic heterocycles. The fourth-order valence-corrected chi connectivity index (χ4v) is 6.28. The van der Waals surface area contributed by atoms with E-state index in [-0.39, 0.29) is 17.9 Å². The number of benzene rings is 1. The van der Waals surface area contributed by atoms with Gasteiger partial charge in [0, 0.05) is 61.5 Å². The highest BCUT2D eigenvalue weighted by Gasteiger charge is 2.66. The van der Waals surface area contributed by atoms with Gasteiger partial charge >= 0.3 is 6.03 Å². The van der Waals surface area contributed by atoms with E-state index in [2.05, 4.69) is 10.3 Å². The van der Waals surface area contributed by atoms with Crippen LogP contribution in [-0.2, 0) is 28.2 Å². The lowest BCUT2D eigenvalue weighted by atomic mass is 9.56. The number of fused-ring (bicyclic) bond motifs is 2. The Balaban J connectivity index is 1.06. The van der Waals surface area contributed by atoms with Crippen molar-refractivity contribution in [3.05, 3.63) is 58.4 Å². The van der Waals surface area contributed by atoms with E-state index >= 15 is 0 Å². The SMILES string of the molecule is O=C(NCCCCN1C(=O)C2CC3CCOC32c2cc(Cl)ccc21)N1Cc2ccncc2C1. The maximum Gasteiger partial charge on any atom is 0.318 e. The molecule has 4 aliphatic rings. The molecule has 6 rings (SSSR count). The molecule has 1 saturated carbocycles. The predicted molar refractivity (Wildman–Crippen MR) is 124 cm³/mol. The molecule has 4 heterocycles. The highest BCUT2D eigenvalue weighted by molar-refractivity contribution is 6.30. The topological polar surface area (TPSA) is 74.8 Å². The molecule has 1 aromatic carbocycles. The molecule has 8 heteroatoms. The second-order valence-corrected chi connectivity index (χ2v) is 9.94. The summed E-state index contributed by atoms with van der Waals surface area (Å²) >= 11 is 6.34. The third kappa shape index (κ3) is 3.24. The summed E-state index contributed by atoms with van der Waals surface area (Å²) in [6.45, 7) is 3.14. The van der Waals surface area contributed by atoms with Gasteiger partial charge in [0.1, 0.15) is 5.60 Å².